The molecule has 142 valence electrons. The second-order valence-corrected chi connectivity index (χ2v) is 7.49. The van der Waals surface area contributed by atoms with E-state index in [1.807, 2.05) is 16.8 Å². The average Bonchev–Trinajstić information content (AvgIpc) is 3.33. The Hall–Kier alpha value is -2.24. The summed E-state index contributed by atoms with van der Waals surface area (Å²) in [5, 5.41) is 10.3. The molecule has 1 atom stereocenters. The van der Waals surface area contributed by atoms with Crippen molar-refractivity contribution in [2.24, 2.45) is 5.92 Å². The molecule has 5 nitrogen and oxygen atoms in total. The molecular weight excluding hydrogens is 362 g/mol. The van der Waals surface area contributed by atoms with Crippen LogP contribution in [0.2, 0.25) is 5.02 Å². The van der Waals surface area contributed by atoms with Crippen LogP contribution in [-0.2, 0) is 6.61 Å². The van der Waals surface area contributed by atoms with Crippen LogP contribution in [0.3, 0.4) is 0 Å². The summed E-state index contributed by atoms with van der Waals surface area (Å²) < 4.78 is 7.26. The van der Waals surface area contributed by atoms with Crippen LogP contribution in [0.4, 0.5) is 5.69 Å². The lowest BCUT2D eigenvalue weighted by molar-refractivity contribution is 0.281. The first-order valence-corrected chi connectivity index (χ1v) is 9.72. The van der Waals surface area contributed by atoms with Gasteiger partial charge in [0.2, 0.25) is 0 Å². The fourth-order valence-corrected chi connectivity index (χ4v) is 4.06. The van der Waals surface area contributed by atoms with E-state index in [0.717, 1.165) is 41.5 Å². The van der Waals surface area contributed by atoms with Gasteiger partial charge in [0.25, 0.3) is 0 Å². The predicted octanol–water partition coefficient (Wildman–Crippen LogP) is 4.39. The van der Waals surface area contributed by atoms with Crippen molar-refractivity contribution in [2.45, 2.75) is 26.4 Å². The molecule has 1 fully saturated rings. The molecule has 1 aromatic carbocycles. The normalized spacial score (nSPS) is 17.0. The molecule has 27 heavy (non-hydrogen) atoms. The third-order valence-electron chi connectivity index (χ3n) is 5.50. The van der Waals surface area contributed by atoms with E-state index in [4.69, 9.17) is 21.3 Å². The van der Waals surface area contributed by atoms with E-state index in [-0.39, 0.29) is 6.61 Å². The second-order valence-electron chi connectivity index (χ2n) is 7.09. The molecule has 6 heteroatoms. The number of pyridine rings is 1. The lowest BCUT2D eigenvalue weighted by Crippen LogP contribution is -2.19. The standard InChI is InChI=1S/C21H24ClN3O2/c1-3-14-4-6-24(11-14)16-5-7-25-12-19(23-21(25)9-16)17-10-18(22)20(27-2)8-15(17)13-26/h5,7-10,12,14,26H,3-4,6,11,13H2,1-2H3. The van der Waals surface area contributed by atoms with Gasteiger partial charge in [-0.25, -0.2) is 4.98 Å². The van der Waals surface area contributed by atoms with E-state index < -0.39 is 0 Å². The topological polar surface area (TPSA) is 50.0 Å². The van der Waals surface area contributed by atoms with Crippen LogP contribution in [0.15, 0.2) is 36.7 Å². The number of rotatable bonds is 5. The van der Waals surface area contributed by atoms with E-state index in [0.29, 0.717) is 10.8 Å². The van der Waals surface area contributed by atoms with Crippen molar-refractivity contribution in [1.82, 2.24) is 9.38 Å². The van der Waals surface area contributed by atoms with Gasteiger partial charge in [-0.05, 0) is 36.1 Å². The minimum atomic E-state index is -0.103. The molecule has 3 heterocycles. The molecule has 1 unspecified atom stereocenters. The van der Waals surface area contributed by atoms with Gasteiger partial charge in [-0.2, -0.15) is 0 Å². The summed E-state index contributed by atoms with van der Waals surface area (Å²) in [7, 11) is 1.57. The van der Waals surface area contributed by atoms with Crippen LogP contribution < -0.4 is 9.64 Å². The van der Waals surface area contributed by atoms with Crippen molar-refractivity contribution >= 4 is 22.9 Å². The zero-order valence-electron chi connectivity index (χ0n) is 15.7. The number of aliphatic hydroxyl groups excluding tert-OH is 1. The fraction of sp³-hybridized carbons (Fsp3) is 0.381. The van der Waals surface area contributed by atoms with Gasteiger partial charge >= 0.3 is 0 Å². The third kappa shape index (κ3) is 3.37. The predicted molar refractivity (Wildman–Crippen MR) is 109 cm³/mol. The summed E-state index contributed by atoms with van der Waals surface area (Å²) in [6.45, 7) is 4.37. The first kappa shape index (κ1) is 18.1. The Kier molecular flexibility index (Phi) is 4.98. The number of methoxy groups -OCH3 is 1. The number of halogens is 1. The van der Waals surface area contributed by atoms with E-state index in [9.17, 15) is 5.11 Å². The van der Waals surface area contributed by atoms with Crippen LogP contribution >= 0.6 is 11.6 Å². The number of ether oxygens (including phenoxy) is 1. The molecule has 0 spiro atoms. The van der Waals surface area contributed by atoms with E-state index >= 15 is 0 Å². The van der Waals surface area contributed by atoms with Gasteiger partial charge in [0.15, 0.2) is 0 Å². The average molecular weight is 386 g/mol. The number of fused-ring (bicyclic) bond motifs is 1. The van der Waals surface area contributed by atoms with Gasteiger partial charge in [-0.15, -0.1) is 0 Å². The van der Waals surface area contributed by atoms with Crippen molar-refractivity contribution < 1.29 is 9.84 Å². The molecule has 0 amide bonds. The summed E-state index contributed by atoms with van der Waals surface area (Å²) in [6.07, 6.45) is 6.50. The van der Waals surface area contributed by atoms with Crippen LogP contribution in [0, 0.1) is 5.92 Å². The zero-order valence-corrected chi connectivity index (χ0v) is 16.4. The van der Waals surface area contributed by atoms with Crippen LogP contribution in [0.25, 0.3) is 16.9 Å². The molecule has 4 rings (SSSR count). The summed E-state index contributed by atoms with van der Waals surface area (Å²) >= 11 is 6.30. The maximum absolute atomic E-state index is 9.76. The highest BCUT2D eigenvalue weighted by Crippen LogP contribution is 2.34. The second kappa shape index (κ2) is 7.41. The molecule has 0 radical (unpaired) electrons. The molecule has 3 aromatic rings. The summed E-state index contributed by atoms with van der Waals surface area (Å²) in [5.74, 6) is 1.33. The molecular formula is C21H24ClN3O2. The minimum Gasteiger partial charge on any atom is -0.495 e. The number of benzene rings is 1. The minimum absolute atomic E-state index is 0.103. The van der Waals surface area contributed by atoms with E-state index in [2.05, 4.69) is 24.0 Å². The van der Waals surface area contributed by atoms with Crippen molar-refractivity contribution in [3.8, 4) is 17.0 Å². The first-order chi connectivity index (χ1) is 13.1. The van der Waals surface area contributed by atoms with Crippen LogP contribution in [0.5, 0.6) is 5.75 Å². The zero-order chi connectivity index (χ0) is 19.0. The molecule has 0 aliphatic carbocycles. The van der Waals surface area contributed by atoms with Crippen molar-refractivity contribution in [2.75, 3.05) is 25.1 Å². The number of imidazole rings is 1. The summed E-state index contributed by atoms with van der Waals surface area (Å²) in [4.78, 5) is 7.22. The van der Waals surface area contributed by atoms with E-state index in [1.165, 1.54) is 18.5 Å². The summed E-state index contributed by atoms with van der Waals surface area (Å²) in [5.41, 5.74) is 4.45. The Morgan fingerprint density at radius 1 is 1.33 bits per heavy atom. The largest absolute Gasteiger partial charge is 0.495 e. The fourth-order valence-electron chi connectivity index (χ4n) is 3.82. The molecule has 1 N–H and O–H groups in total. The smallest absolute Gasteiger partial charge is 0.139 e. The number of anilines is 1. The van der Waals surface area contributed by atoms with Gasteiger partial charge in [-0.3, -0.25) is 0 Å². The number of aliphatic hydroxyl groups is 1. The number of hydrogen-bond acceptors (Lipinski definition) is 4. The molecule has 1 aliphatic rings. The number of hydrogen-bond donors (Lipinski definition) is 1. The Bertz CT molecular complexity index is 969. The lowest BCUT2D eigenvalue weighted by atomic mass is 10.1. The SMILES string of the molecule is CCC1CCN(c2ccn3cc(-c4cc(Cl)c(OC)cc4CO)nc3c2)C1. The van der Waals surface area contributed by atoms with Gasteiger partial charge < -0.3 is 19.1 Å². The molecule has 0 saturated carbocycles. The molecule has 1 aliphatic heterocycles. The van der Waals surface area contributed by atoms with Gasteiger partial charge in [0.05, 0.1) is 24.4 Å². The lowest BCUT2D eigenvalue weighted by Gasteiger charge is -2.18. The van der Waals surface area contributed by atoms with Gasteiger partial charge in [-0.1, -0.05) is 24.9 Å². The van der Waals surface area contributed by atoms with Crippen molar-refractivity contribution in [1.29, 1.82) is 0 Å². The molecule has 1 saturated heterocycles. The van der Waals surface area contributed by atoms with Crippen molar-refractivity contribution in [3.63, 3.8) is 0 Å². The van der Waals surface area contributed by atoms with E-state index in [1.54, 1.807) is 19.2 Å². The van der Waals surface area contributed by atoms with Crippen LogP contribution in [-0.4, -0.2) is 34.7 Å². The highest BCUT2D eigenvalue weighted by atomic mass is 35.5. The Labute approximate surface area is 164 Å². The highest BCUT2D eigenvalue weighted by Gasteiger charge is 2.21. The monoisotopic (exact) mass is 385 g/mol. The Balaban J connectivity index is 1.71. The maximum atomic E-state index is 9.76. The first-order valence-electron chi connectivity index (χ1n) is 9.34. The highest BCUT2D eigenvalue weighted by molar-refractivity contribution is 6.32. The van der Waals surface area contributed by atoms with Crippen molar-refractivity contribution in [3.05, 3.63) is 47.2 Å². The van der Waals surface area contributed by atoms with Gasteiger partial charge in [0.1, 0.15) is 11.4 Å². The van der Waals surface area contributed by atoms with Crippen LogP contribution in [0.1, 0.15) is 25.3 Å². The molecule has 0 bridgehead atoms. The number of nitrogens with zero attached hydrogens (tertiary/aromatic N) is 3. The quantitative estimate of drug-likeness (QED) is 0.707. The summed E-state index contributed by atoms with van der Waals surface area (Å²) in [6, 6.07) is 7.85. The van der Waals surface area contributed by atoms with Gasteiger partial charge in [0, 0.05) is 42.8 Å². The molecule has 2 aromatic heterocycles. The Morgan fingerprint density at radius 3 is 2.89 bits per heavy atom. The maximum Gasteiger partial charge on any atom is 0.139 e. The number of aromatic nitrogens is 2. The third-order valence-corrected chi connectivity index (χ3v) is 5.79. The Morgan fingerprint density at radius 2 is 2.19 bits per heavy atom.